The smallest absolute Gasteiger partial charge is 0.0349 e. The third-order valence-electron chi connectivity index (χ3n) is 7.76. The van der Waals surface area contributed by atoms with E-state index >= 15 is 0 Å². The van der Waals surface area contributed by atoms with Crippen LogP contribution in [0.4, 0.5) is 0 Å². The maximum Gasteiger partial charge on any atom is 0.0349 e. The summed E-state index contributed by atoms with van der Waals surface area (Å²) in [6.45, 7) is 3.01. The molecule has 5 aromatic carbocycles. The Balaban J connectivity index is 1.46. The van der Waals surface area contributed by atoms with Crippen LogP contribution in [0.1, 0.15) is 11.1 Å². The first-order chi connectivity index (χ1) is 19.3. The van der Waals surface area contributed by atoms with Gasteiger partial charge in [-0.05, 0) is 97.4 Å². The van der Waals surface area contributed by atoms with E-state index in [1.807, 2.05) is 18.6 Å². The van der Waals surface area contributed by atoms with E-state index < -0.39 is 0 Å². The number of hydrogen-bond acceptors (Lipinski definition) is 2. The van der Waals surface area contributed by atoms with Crippen molar-refractivity contribution in [1.29, 1.82) is 0 Å². The van der Waals surface area contributed by atoms with Gasteiger partial charge >= 0.3 is 0 Å². The van der Waals surface area contributed by atoms with Gasteiger partial charge in [0.15, 0.2) is 0 Å². The summed E-state index contributed by atoms with van der Waals surface area (Å²) >= 11 is 0. The zero-order valence-electron chi connectivity index (χ0n) is 21.9. The van der Waals surface area contributed by atoms with Gasteiger partial charge in [-0.3, -0.25) is 4.98 Å². The van der Waals surface area contributed by atoms with Crippen LogP contribution in [-0.2, 0) is 0 Å². The van der Waals surface area contributed by atoms with Crippen molar-refractivity contribution in [3.05, 3.63) is 145 Å². The molecule has 7 rings (SSSR count). The lowest BCUT2D eigenvalue weighted by Gasteiger charge is -2.18. The molecule has 0 saturated carbocycles. The third kappa shape index (κ3) is 4.11. The first-order valence-corrected chi connectivity index (χ1v) is 13.4. The Morgan fingerprint density at radius 2 is 1.23 bits per heavy atom. The summed E-state index contributed by atoms with van der Waals surface area (Å²) in [6.07, 6.45) is 10.2. The molecular weight excluding hydrogens is 472 g/mol. The molecule has 1 aliphatic heterocycles. The molecule has 6 aromatic rings. The summed E-state index contributed by atoms with van der Waals surface area (Å²) in [4.78, 5) is 4.39. The van der Waals surface area contributed by atoms with Gasteiger partial charge in [0.1, 0.15) is 0 Å². The number of hydrogen-bond donors (Lipinski definition) is 1. The predicted molar refractivity (Wildman–Crippen MR) is 165 cm³/mol. The van der Waals surface area contributed by atoms with E-state index in [1.165, 1.54) is 71.6 Å². The molecule has 2 heteroatoms. The quantitative estimate of drug-likeness (QED) is 0.244. The second-order valence-electron chi connectivity index (χ2n) is 10.1. The van der Waals surface area contributed by atoms with Crippen molar-refractivity contribution in [3.63, 3.8) is 0 Å². The minimum atomic E-state index is 0.867. The molecule has 0 bridgehead atoms. The van der Waals surface area contributed by atoms with E-state index in [2.05, 4.69) is 133 Å². The van der Waals surface area contributed by atoms with Gasteiger partial charge in [0, 0.05) is 24.5 Å². The van der Waals surface area contributed by atoms with Gasteiger partial charge in [0.05, 0.1) is 0 Å². The Kier molecular flexibility index (Phi) is 5.79. The highest BCUT2D eigenvalue weighted by Gasteiger charge is 2.17. The van der Waals surface area contributed by atoms with E-state index in [9.17, 15) is 0 Å². The molecule has 1 N–H and O–H groups in total. The van der Waals surface area contributed by atoms with Crippen molar-refractivity contribution in [2.24, 2.45) is 0 Å². The fraction of sp³-hybridized carbons (Fsp3) is 0.0541. The number of benzene rings is 5. The van der Waals surface area contributed by atoms with Crippen LogP contribution in [0.2, 0.25) is 0 Å². The van der Waals surface area contributed by atoms with Crippen molar-refractivity contribution in [3.8, 4) is 33.4 Å². The van der Waals surface area contributed by atoms with Gasteiger partial charge in [0.25, 0.3) is 0 Å². The fourth-order valence-corrected chi connectivity index (χ4v) is 5.86. The largest absolute Gasteiger partial charge is 0.387 e. The minimum absolute atomic E-state index is 0.867. The molecule has 2 heterocycles. The van der Waals surface area contributed by atoms with Crippen LogP contribution in [-0.4, -0.2) is 11.5 Å². The van der Waals surface area contributed by atoms with E-state index in [1.54, 1.807) is 0 Å². The average Bonchev–Trinajstić information content (AvgIpc) is 3.00. The van der Waals surface area contributed by atoms with Crippen molar-refractivity contribution < 1.29 is 0 Å². The van der Waals surface area contributed by atoms with Gasteiger partial charge in [-0.15, -0.1) is 0 Å². The van der Waals surface area contributed by atoms with Crippen LogP contribution >= 0.6 is 0 Å². The zero-order chi connectivity index (χ0) is 26.2. The number of fused-ring (bicyclic) bond motifs is 2. The molecule has 0 radical (unpaired) electrons. The van der Waals surface area contributed by atoms with Crippen molar-refractivity contribution in [1.82, 2.24) is 10.3 Å². The molecule has 0 amide bonds. The predicted octanol–water partition coefficient (Wildman–Crippen LogP) is 9.20. The summed E-state index contributed by atoms with van der Waals surface area (Å²) in [5.41, 5.74) is 11.1. The Morgan fingerprint density at radius 3 is 1.85 bits per heavy atom. The third-order valence-corrected chi connectivity index (χ3v) is 7.76. The first kappa shape index (κ1) is 23.2. The highest BCUT2D eigenvalue weighted by Crippen LogP contribution is 2.44. The molecule has 0 fully saturated rings. The monoisotopic (exact) mass is 500 g/mol. The van der Waals surface area contributed by atoms with Gasteiger partial charge in [-0.1, -0.05) is 97.1 Å². The van der Waals surface area contributed by atoms with Gasteiger partial charge in [-0.25, -0.2) is 0 Å². The molecule has 39 heavy (non-hydrogen) atoms. The average molecular weight is 501 g/mol. The van der Waals surface area contributed by atoms with E-state index in [4.69, 9.17) is 0 Å². The SMILES string of the molecule is Cc1ccncc1-c1cccc(-c2c3ccccc3c(-c3ccc(C4=CCNC=C4)cc3)c3ccccc23)c1. The van der Waals surface area contributed by atoms with Crippen molar-refractivity contribution >= 4 is 27.1 Å². The number of pyridine rings is 1. The van der Waals surface area contributed by atoms with Crippen molar-refractivity contribution in [2.45, 2.75) is 6.92 Å². The van der Waals surface area contributed by atoms with Gasteiger partial charge < -0.3 is 5.32 Å². The standard InChI is InChI=1S/C37H28N2/c1-25-17-20-39-24-35(25)29-7-6-8-30(23-29)37-33-11-4-2-9-31(33)36(32-10-3-5-12-34(32)37)28-15-13-26(14-16-28)27-18-21-38-22-19-27/h2-21,23-24,38H,22H2,1H3. The maximum atomic E-state index is 4.39. The van der Waals surface area contributed by atoms with Crippen LogP contribution in [0.3, 0.4) is 0 Å². The molecule has 0 unspecified atom stereocenters. The summed E-state index contributed by atoms with van der Waals surface area (Å²) in [7, 11) is 0. The molecular formula is C37H28N2. The van der Waals surface area contributed by atoms with Crippen LogP contribution in [0.25, 0.3) is 60.5 Å². The topological polar surface area (TPSA) is 24.9 Å². The summed E-state index contributed by atoms with van der Waals surface area (Å²) < 4.78 is 0. The van der Waals surface area contributed by atoms with Crippen molar-refractivity contribution in [2.75, 3.05) is 6.54 Å². The van der Waals surface area contributed by atoms with Gasteiger partial charge in [0.2, 0.25) is 0 Å². The molecule has 186 valence electrons. The Labute approximate surface area is 229 Å². The Morgan fingerprint density at radius 1 is 0.615 bits per heavy atom. The van der Waals surface area contributed by atoms with Crippen LogP contribution in [0, 0.1) is 6.92 Å². The van der Waals surface area contributed by atoms with Gasteiger partial charge in [-0.2, -0.15) is 0 Å². The van der Waals surface area contributed by atoms with E-state index in [0.717, 1.165) is 6.54 Å². The van der Waals surface area contributed by atoms with Crippen LogP contribution in [0.15, 0.2) is 134 Å². The molecule has 2 nitrogen and oxygen atoms in total. The van der Waals surface area contributed by atoms with Crippen LogP contribution < -0.4 is 5.32 Å². The highest BCUT2D eigenvalue weighted by atomic mass is 14.8. The summed E-state index contributed by atoms with van der Waals surface area (Å²) in [5, 5.41) is 8.30. The first-order valence-electron chi connectivity index (χ1n) is 13.4. The number of nitrogens with zero attached hydrogens (tertiary/aromatic N) is 1. The van der Waals surface area contributed by atoms with E-state index in [0.29, 0.717) is 0 Å². The molecule has 0 saturated heterocycles. The van der Waals surface area contributed by atoms with E-state index in [-0.39, 0.29) is 0 Å². The number of rotatable bonds is 4. The number of aryl methyl sites for hydroxylation is 1. The fourth-order valence-electron chi connectivity index (χ4n) is 5.86. The Hall–Kier alpha value is -4.95. The lowest BCUT2D eigenvalue weighted by atomic mass is 9.85. The normalized spacial score (nSPS) is 12.9. The maximum absolute atomic E-state index is 4.39. The Bertz CT molecular complexity index is 1850. The lowest BCUT2D eigenvalue weighted by molar-refractivity contribution is 0.976. The molecule has 0 spiro atoms. The lowest BCUT2D eigenvalue weighted by Crippen LogP contribution is -2.08. The highest BCUT2D eigenvalue weighted by molar-refractivity contribution is 6.21. The summed E-state index contributed by atoms with van der Waals surface area (Å²) in [5.74, 6) is 0. The number of allylic oxidation sites excluding steroid dienone is 2. The number of dihydropyridines is 1. The molecule has 1 aromatic heterocycles. The minimum Gasteiger partial charge on any atom is -0.387 e. The zero-order valence-corrected chi connectivity index (χ0v) is 21.9. The number of aromatic nitrogens is 1. The second kappa shape index (κ2) is 9.74. The molecule has 0 aliphatic carbocycles. The molecule has 1 aliphatic rings. The van der Waals surface area contributed by atoms with Crippen LogP contribution in [0.5, 0.6) is 0 Å². The molecule has 0 atom stereocenters. The number of nitrogens with one attached hydrogen (secondary N) is 1. The summed E-state index contributed by atoms with van der Waals surface area (Å²) in [6, 6.07) is 37.7. The second-order valence-corrected chi connectivity index (χ2v) is 10.1.